The highest BCUT2D eigenvalue weighted by Gasteiger charge is 2.04. The maximum absolute atomic E-state index is 2.51. The van der Waals surface area contributed by atoms with Crippen molar-refractivity contribution in [1.29, 1.82) is 0 Å². The Bertz CT molecular complexity index is 374. The highest BCUT2D eigenvalue weighted by molar-refractivity contribution is 4.58. The number of unbranched alkanes of at least 4 members (excludes halogenated alkanes) is 26. The number of hydrogen-bond acceptors (Lipinski definition) is 0. The Morgan fingerprint density at radius 1 is 0.231 bits per heavy atom. The smallest absolute Gasteiger partial charge is 0.0443 e. The molecular weight excluding hydrogens is 468 g/mol. The zero-order valence-corrected chi connectivity index (χ0v) is 28.5. The van der Waals surface area contributed by atoms with Crippen molar-refractivity contribution < 1.29 is 0 Å². The highest BCUT2D eigenvalue weighted by atomic mass is 14.1. The van der Waals surface area contributed by atoms with Crippen LogP contribution in [0.25, 0.3) is 0 Å². The second-order valence-electron chi connectivity index (χ2n) is 13.9. The second kappa shape index (κ2) is 34.2. The lowest BCUT2D eigenvalue weighted by atomic mass is 9.95. The molecule has 0 saturated carbocycles. The van der Waals surface area contributed by atoms with Crippen LogP contribution in [0.15, 0.2) is 0 Å². The minimum absolute atomic E-state index is 0.964. The zero-order valence-electron chi connectivity index (χ0n) is 28.5. The summed E-state index contributed by atoms with van der Waals surface area (Å²) >= 11 is 0. The average molecular weight is 549 g/mol. The molecular formula is C39H80. The molecule has 236 valence electrons. The summed E-state index contributed by atoms with van der Waals surface area (Å²) in [6.07, 6.45) is 48.6. The third kappa shape index (κ3) is 34.1. The molecule has 39 heavy (non-hydrogen) atoms. The fourth-order valence-corrected chi connectivity index (χ4v) is 6.47. The maximum atomic E-state index is 2.51. The first-order valence-corrected chi connectivity index (χ1v) is 19.2. The average Bonchev–Trinajstić information content (AvgIpc) is 2.93. The van der Waals surface area contributed by atoms with E-state index in [1.807, 2.05) is 0 Å². The SMILES string of the molecule is CCCCCCCCCCCCC(C)CCCCCCCCCCCC(C)CCCCCCCCCCCC. The van der Waals surface area contributed by atoms with Gasteiger partial charge >= 0.3 is 0 Å². The van der Waals surface area contributed by atoms with E-state index in [0.717, 1.165) is 11.8 Å². The predicted molar refractivity (Wildman–Crippen MR) is 182 cm³/mol. The van der Waals surface area contributed by atoms with Crippen molar-refractivity contribution in [3.63, 3.8) is 0 Å². The van der Waals surface area contributed by atoms with Gasteiger partial charge in [0.15, 0.2) is 0 Å². The first kappa shape index (κ1) is 39.0. The molecule has 0 aromatic carbocycles. The summed E-state index contributed by atoms with van der Waals surface area (Å²) in [7, 11) is 0. The molecule has 0 aliphatic rings. The molecule has 0 saturated heterocycles. The normalized spacial score (nSPS) is 13.2. The van der Waals surface area contributed by atoms with Crippen LogP contribution in [0.5, 0.6) is 0 Å². The molecule has 0 N–H and O–H groups in total. The van der Waals surface area contributed by atoms with E-state index >= 15 is 0 Å². The first-order valence-electron chi connectivity index (χ1n) is 19.2. The van der Waals surface area contributed by atoms with Crippen molar-refractivity contribution in [3.8, 4) is 0 Å². The second-order valence-corrected chi connectivity index (χ2v) is 13.9. The van der Waals surface area contributed by atoms with Crippen LogP contribution in [0, 0.1) is 11.8 Å². The summed E-state index contributed by atoms with van der Waals surface area (Å²) < 4.78 is 0. The molecule has 2 unspecified atom stereocenters. The topological polar surface area (TPSA) is 0 Å². The minimum Gasteiger partial charge on any atom is -0.0654 e. The van der Waals surface area contributed by atoms with Crippen LogP contribution in [-0.2, 0) is 0 Å². The van der Waals surface area contributed by atoms with Gasteiger partial charge in [0, 0.05) is 0 Å². The fraction of sp³-hybridized carbons (Fsp3) is 1.00. The van der Waals surface area contributed by atoms with Crippen molar-refractivity contribution in [1.82, 2.24) is 0 Å². The molecule has 2 atom stereocenters. The summed E-state index contributed by atoms with van der Waals surface area (Å²) in [6, 6.07) is 0. The summed E-state index contributed by atoms with van der Waals surface area (Å²) in [5, 5.41) is 0. The van der Waals surface area contributed by atoms with Gasteiger partial charge in [-0.2, -0.15) is 0 Å². The summed E-state index contributed by atoms with van der Waals surface area (Å²) in [4.78, 5) is 0. The van der Waals surface area contributed by atoms with E-state index in [1.165, 1.54) is 212 Å². The van der Waals surface area contributed by atoms with Crippen LogP contribution >= 0.6 is 0 Å². The van der Waals surface area contributed by atoms with Crippen LogP contribution < -0.4 is 0 Å². The van der Waals surface area contributed by atoms with E-state index in [9.17, 15) is 0 Å². The molecule has 0 rings (SSSR count). The molecule has 0 bridgehead atoms. The monoisotopic (exact) mass is 549 g/mol. The Labute approximate surface area is 251 Å². The quantitative estimate of drug-likeness (QED) is 0.0701. The maximum Gasteiger partial charge on any atom is -0.0443 e. The molecule has 0 aliphatic heterocycles. The Balaban J connectivity index is 3.22. The van der Waals surface area contributed by atoms with Crippen molar-refractivity contribution in [2.24, 2.45) is 11.8 Å². The third-order valence-electron chi connectivity index (χ3n) is 9.49. The van der Waals surface area contributed by atoms with Gasteiger partial charge in [0.1, 0.15) is 0 Å². The van der Waals surface area contributed by atoms with Crippen molar-refractivity contribution >= 4 is 0 Å². The van der Waals surface area contributed by atoms with E-state index < -0.39 is 0 Å². The van der Waals surface area contributed by atoms with Gasteiger partial charge in [0.2, 0.25) is 0 Å². The molecule has 0 heteroatoms. The van der Waals surface area contributed by atoms with Crippen LogP contribution in [0.2, 0.25) is 0 Å². The lowest BCUT2D eigenvalue weighted by Crippen LogP contribution is -1.95. The van der Waals surface area contributed by atoms with E-state index in [2.05, 4.69) is 27.7 Å². The van der Waals surface area contributed by atoms with E-state index in [0.29, 0.717) is 0 Å². The largest absolute Gasteiger partial charge is 0.0654 e. The highest BCUT2D eigenvalue weighted by Crippen LogP contribution is 2.21. The van der Waals surface area contributed by atoms with Crippen molar-refractivity contribution in [3.05, 3.63) is 0 Å². The van der Waals surface area contributed by atoms with Gasteiger partial charge < -0.3 is 0 Å². The fourth-order valence-electron chi connectivity index (χ4n) is 6.47. The lowest BCUT2D eigenvalue weighted by Gasteiger charge is -2.11. The molecule has 0 heterocycles. The molecule has 0 radical (unpaired) electrons. The van der Waals surface area contributed by atoms with Gasteiger partial charge in [0.25, 0.3) is 0 Å². The van der Waals surface area contributed by atoms with Gasteiger partial charge in [-0.1, -0.05) is 240 Å². The minimum atomic E-state index is 0.964. The summed E-state index contributed by atoms with van der Waals surface area (Å²) in [5.41, 5.74) is 0. The van der Waals surface area contributed by atoms with Crippen molar-refractivity contribution in [2.75, 3.05) is 0 Å². The van der Waals surface area contributed by atoms with E-state index in [-0.39, 0.29) is 0 Å². The molecule has 0 aromatic rings. The van der Waals surface area contributed by atoms with Crippen LogP contribution in [-0.4, -0.2) is 0 Å². The Morgan fingerprint density at radius 2 is 0.385 bits per heavy atom. The molecule has 0 spiro atoms. The Kier molecular flexibility index (Phi) is 34.2. The molecule has 0 aromatic heterocycles. The molecule has 0 nitrogen and oxygen atoms in total. The Morgan fingerprint density at radius 3 is 0.564 bits per heavy atom. The van der Waals surface area contributed by atoms with Gasteiger partial charge in [-0.05, 0) is 11.8 Å². The lowest BCUT2D eigenvalue weighted by molar-refractivity contribution is 0.425. The van der Waals surface area contributed by atoms with Crippen LogP contribution in [0.3, 0.4) is 0 Å². The van der Waals surface area contributed by atoms with Gasteiger partial charge in [-0.15, -0.1) is 0 Å². The van der Waals surface area contributed by atoms with Gasteiger partial charge in [0.05, 0.1) is 0 Å². The number of rotatable bonds is 34. The molecule has 0 aliphatic carbocycles. The summed E-state index contributed by atoms with van der Waals surface area (Å²) in [6.45, 7) is 9.63. The van der Waals surface area contributed by atoms with Gasteiger partial charge in [-0.3, -0.25) is 0 Å². The zero-order chi connectivity index (χ0) is 28.5. The van der Waals surface area contributed by atoms with Gasteiger partial charge in [-0.25, -0.2) is 0 Å². The van der Waals surface area contributed by atoms with Crippen molar-refractivity contribution in [2.45, 2.75) is 240 Å². The van der Waals surface area contributed by atoms with E-state index in [4.69, 9.17) is 0 Å². The molecule has 0 fully saturated rings. The van der Waals surface area contributed by atoms with Crippen LogP contribution in [0.4, 0.5) is 0 Å². The summed E-state index contributed by atoms with van der Waals surface area (Å²) in [5.74, 6) is 1.93. The first-order chi connectivity index (χ1) is 19.2. The number of hydrogen-bond donors (Lipinski definition) is 0. The molecule has 0 amide bonds. The van der Waals surface area contributed by atoms with Crippen LogP contribution in [0.1, 0.15) is 240 Å². The third-order valence-corrected chi connectivity index (χ3v) is 9.49. The predicted octanol–water partition coefficient (Wildman–Crippen LogP) is 15.2. The van der Waals surface area contributed by atoms with E-state index in [1.54, 1.807) is 0 Å². The Hall–Kier alpha value is 0. The standard InChI is InChI=1S/C39H80/c1-5-7-9-11-13-15-18-22-26-30-34-38(3)36-32-28-24-20-17-21-25-29-33-37-39(4)35-31-27-23-19-16-14-12-10-8-6-2/h38-39H,5-37H2,1-4H3.